The van der Waals surface area contributed by atoms with E-state index in [-0.39, 0.29) is 5.56 Å². The fourth-order valence-corrected chi connectivity index (χ4v) is 4.57. The van der Waals surface area contributed by atoms with Crippen molar-refractivity contribution in [2.24, 2.45) is 0 Å². The van der Waals surface area contributed by atoms with Crippen molar-refractivity contribution in [1.29, 1.82) is 0 Å². The predicted octanol–water partition coefficient (Wildman–Crippen LogP) is 4.52. The molecule has 0 bridgehead atoms. The number of rotatable bonds is 2. The third kappa shape index (κ3) is 2.80. The van der Waals surface area contributed by atoms with Gasteiger partial charge in [0.25, 0.3) is 5.56 Å². The fourth-order valence-electron chi connectivity index (χ4n) is 2.50. The summed E-state index contributed by atoms with van der Waals surface area (Å²) in [5, 5.41) is 2.00. The van der Waals surface area contributed by atoms with Gasteiger partial charge in [-0.05, 0) is 57.4 Å². The van der Waals surface area contributed by atoms with E-state index in [1.165, 1.54) is 12.8 Å². The number of H-pyrrole nitrogens is 1. The first-order valence-corrected chi connectivity index (χ1v) is 8.94. The summed E-state index contributed by atoms with van der Waals surface area (Å²) in [6.07, 6.45) is 4.80. The molecule has 3 rings (SSSR count). The molecule has 0 radical (unpaired) electrons. The number of hydrogen-bond donors (Lipinski definition) is 1. The summed E-state index contributed by atoms with van der Waals surface area (Å²) < 4.78 is 1.78. The molecule has 1 N–H and O–H groups in total. The maximum absolute atomic E-state index is 12.1. The average Bonchev–Trinajstić information content (AvgIpc) is 3.03. The highest BCUT2D eigenvalue weighted by Gasteiger charge is 2.23. The van der Waals surface area contributed by atoms with Crippen LogP contribution in [-0.2, 0) is 0 Å². The van der Waals surface area contributed by atoms with Gasteiger partial charge in [-0.3, -0.25) is 4.79 Å². The number of nitrogens with zero attached hydrogens (tertiary/aromatic N) is 1. The summed E-state index contributed by atoms with van der Waals surface area (Å²) in [6.45, 7) is 0. The summed E-state index contributed by atoms with van der Waals surface area (Å²) in [7, 11) is 0. The van der Waals surface area contributed by atoms with Crippen molar-refractivity contribution >= 4 is 49.9 Å². The largest absolute Gasteiger partial charge is 0.305 e. The van der Waals surface area contributed by atoms with E-state index in [4.69, 9.17) is 4.98 Å². The van der Waals surface area contributed by atoms with Crippen molar-refractivity contribution < 1.29 is 0 Å². The molecule has 2 aromatic rings. The molecule has 0 amide bonds. The average molecular weight is 451 g/mol. The van der Waals surface area contributed by atoms with Crippen LogP contribution in [0.1, 0.15) is 37.3 Å². The molecule has 1 fully saturated rings. The molecule has 0 atom stereocenters. The minimum Gasteiger partial charge on any atom is -0.305 e. The molecule has 0 saturated heterocycles. The highest BCUT2D eigenvalue weighted by Crippen LogP contribution is 2.35. The highest BCUT2D eigenvalue weighted by atomic mass is 127. The number of aromatic nitrogens is 2. The topological polar surface area (TPSA) is 45.8 Å². The van der Waals surface area contributed by atoms with E-state index in [0.717, 1.165) is 31.5 Å². The van der Waals surface area contributed by atoms with Crippen LogP contribution in [-0.4, -0.2) is 9.97 Å². The third-order valence-corrected chi connectivity index (χ3v) is 6.17. The molecule has 0 spiro atoms. The van der Waals surface area contributed by atoms with Crippen LogP contribution in [0.5, 0.6) is 0 Å². The van der Waals surface area contributed by atoms with E-state index in [2.05, 4.69) is 43.5 Å². The maximum atomic E-state index is 12.1. The van der Waals surface area contributed by atoms with Gasteiger partial charge in [-0.1, -0.05) is 12.8 Å². The van der Waals surface area contributed by atoms with Crippen molar-refractivity contribution in [3.8, 4) is 10.7 Å². The predicted molar refractivity (Wildman–Crippen MR) is 89.8 cm³/mol. The molecule has 19 heavy (non-hydrogen) atoms. The number of hydrogen-bond acceptors (Lipinski definition) is 3. The van der Waals surface area contributed by atoms with Gasteiger partial charge in [-0.25, -0.2) is 4.98 Å². The monoisotopic (exact) mass is 450 g/mol. The van der Waals surface area contributed by atoms with E-state index >= 15 is 0 Å². The second-order valence-electron chi connectivity index (χ2n) is 4.72. The highest BCUT2D eigenvalue weighted by molar-refractivity contribution is 14.1. The Hall–Kier alpha value is -0.210. The first kappa shape index (κ1) is 13.8. The minimum atomic E-state index is -0.0166. The first-order chi connectivity index (χ1) is 9.15. The van der Waals surface area contributed by atoms with Crippen molar-refractivity contribution in [1.82, 2.24) is 9.97 Å². The normalized spacial score (nSPS) is 16.1. The van der Waals surface area contributed by atoms with Gasteiger partial charge in [0, 0.05) is 15.8 Å². The Bertz CT molecular complexity index is 661. The Morgan fingerprint density at radius 2 is 2.16 bits per heavy atom. The molecule has 0 aliphatic heterocycles. The van der Waals surface area contributed by atoms with Gasteiger partial charge < -0.3 is 4.98 Å². The van der Waals surface area contributed by atoms with Crippen LogP contribution >= 0.6 is 49.9 Å². The van der Waals surface area contributed by atoms with Gasteiger partial charge in [0.1, 0.15) is 3.57 Å². The van der Waals surface area contributed by atoms with Crippen molar-refractivity contribution in [2.75, 3.05) is 0 Å². The van der Waals surface area contributed by atoms with E-state index in [1.807, 2.05) is 11.4 Å². The van der Waals surface area contributed by atoms with Crippen LogP contribution in [0.4, 0.5) is 0 Å². The molecule has 6 heteroatoms. The van der Waals surface area contributed by atoms with Gasteiger partial charge in [0.15, 0.2) is 5.82 Å². The lowest BCUT2D eigenvalue weighted by atomic mass is 10.0. The van der Waals surface area contributed by atoms with Gasteiger partial charge in [0.2, 0.25) is 0 Å². The van der Waals surface area contributed by atoms with Crippen molar-refractivity contribution in [2.45, 2.75) is 31.6 Å². The Morgan fingerprint density at radius 1 is 1.42 bits per heavy atom. The zero-order valence-corrected chi connectivity index (χ0v) is 14.6. The van der Waals surface area contributed by atoms with E-state index in [1.54, 1.807) is 11.3 Å². The SMILES string of the molecule is O=c1[nH]c(-c2cc(Br)cs2)nc(C2CCCC2)c1I. The zero-order chi connectivity index (χ0) is 13.4. The molecule has 1 aliphatic carbocycles. The second kappa shape index (κ2) is 5.65. The molecule has 100 valence electrons. The minimum absolute atomic E-state index is 0.0166. The third-order valence-electron chi connectivity index (χ3n) is 3.43. The number of aromatic amines is 1. The van der Waals surface area contributed by atoms with Gasteiger partial charge in [-0.15, -0.1) is 11.3 Å². The van der Waals surface area contributed by atoms with Crippen LogP contribution in [0.25, 0.3) is 10.7 Å². The lowest BCUT2D eigenvalue weighted by Crippen LogP contribution is -2.17. The Balaban J connectivity index is 2.09. The summed E-state index contributed by atoms with van der Waals surface area (Å²) in [6, 6.07) is 1.99. The smallest absolute Gasteiger partial charge is 0.264 e. The number of thiophene rings is 1. The molecule has 3 nitrogen and oxygen atoms in total. The molecule has 2 heterocycles. The van der Waals surface area contributed by atoms with Gasteiger partial charge in [0.05, 0.1) is 10.6 Å². The van der Waals surface area contributed by atoms with E-state index < -0.39 is 0 Å². The molecule has 1 aliphatic rings. The van der Waals surface area contributed by atoms with E-state index in [9.17, 15) is 4.79 Å². The lowest BCUT2D eigenvalue weighted by Gasteiger charge is -2.11. The van der Waals surface area contributed by atoms with Crippen molar-refractivity contribution in [3.63, 3.8) is 0 Å². The van der Waals surface area contributed by atoms with Gasteiger partial charge >= 0.3 is 0 Å². The van der Waals surface area contributed by atoms with E-state index in [0.29, 0.717) is 11.7 Å². The molecule has 1 saturated carbocycles. The summed E-state index contributed by atoms with van der Waals surface area (Å²) >= 11 is 7.15. The number of halogens is 2. The molecular weight excluding hydrogens is 439 g/mol. The molecular formula is C13H12BrIN2OS. The maximum Gasteiger partial charge on any atom is 0.264 e. The van der Waals surface area contributed by atoms with Crippen molar-refractivity contribution in [3.05, 3.63) is 35.5 Å². The fraction of sp³-hybridized carbons (Fsp3) is 0.385. The summed E-state index contributed by atoms with van der Waals surface area (Å²) in [5.41, 5.74) is 0.971. The zero-order valence-electron chi connectivity index (χ0n) is 10.1. The van der Waals surface area contributed by atoms with Crippen LogP contribution in [0, 0.1) is 3.57 Å². The Labute approximate surface area is 137 Å². The summed E-state index contributed by atoms with van der Waals surface area (Å²) in [5.74, 6) is 1.15. The summed E-state index contributed by atoms with van der Waals surface area (Å²) in [4.78, 5) is 20.7. The molecule has 0 unspecified atom stereocenters. The van der Waals surface area contributed by atoms with Gasteiger partial charge in [-0.2, -0.15) is 0 Å². The Kier molecular flexibility index (Phi) is 4.09. The van der Waals surface area contributed by atoms with Crippen LogP contribution in [0.3, 0.4) is 0 Å². The second-order valence-corrected chi connectivity index (χ2v) is 7.63. The molecule has 0 aromatic carbocycles. The standard InChI is InChI=1S/C13H12BrIN2OS/c14-8-5-9(19-6-8)12-16-11(7-3-1-2-4-7)10(15)13(18)17-12/h5-7H,1-4H2,(H,16,17,18). The molecule has 2 aromatic heterocycles. The van der Waals surface area contributed by atoms with Crippen LogP contribution < -0.4 is 5.56 Å². The quantitative estimate of drug-likeness (QED) is 0.683. The first-order valence-electron chi connectivity index (χ1n) is 6.19. The van der Waals surface area contributed by atoms with Crippen LogP contribution in [0.15, 0.2) is 20.7 Å². The number of nitrogens with one attached hydrogen (secondary N) is 1. The van der Waals surface area contributed by atoms with Crippen LogP contribution in [0.2, 0.25) is 0 Å². The Morgan fingerprint density at radius 3 is 2.79 bits per heavy atom. The lowest BCUT2D eigenvalue weighted by molar-refractivity contribution is 0.688.